The molecule has 0 amide bonds. The van der Waals surface area contributed by atoms with Gasteiger partial charge in [-0.15, -0.1) is 0 Å². The summed E-state index contributed by atoms with van der Waals surface area (Å²) in [5, 5.41) is 0.983. The second-order valence-electron chi connectivity index (χ2n) is 6.23. The van der Waals surface area contributed by atoms with Crippen molar-refractivity contribution in [2.75, 3.05) is 13.7 Å². The average molecular weight is 306 g/mol. The van der Waals surface area contributed by atoms with E-state index in [4.69, 9.17) is 9.47 Å². The molecule has 0 unspecified atom stereocenters. The average Bonchev–Trinajstić information content (AvgIpc) is 2.84. The number of fused-ring (bicyclic) bond motifs is 1. The predicted molar refractivity (Wildman–Crippen MR) is 85.2 cm³/mol. The maximum Gasteiger partial charge on any atom is 0.356 e. The van der Waals surface area contributed by atoms with Gasteiger partial charge in [-0.1, -0.05) is 19.6 Å². The summed E-state index contributed by atoms with van der Waals surface area (Å²) in [4.78, 5) is 15.9. The van der Waals surface area contributed by atoms with Gasteiger partial charge in [0.25, 0.3) is 0 Å². The van der Waals surface area contributed by atoms with Gasteiger partial charge in [0.1, 0.15) is 12.4 Å². The Morgan fingerprint density at radius 3 is 2.71 bits per heavy atom. The van der Waals surface area contributed by atoms with Gasteiger partial charge in [-0.3, -0.25) is 0 Å². The second kappa shape index (κ2) is 6.40. The number of ether oxygens (including phenoxy) is 2. The maximum absolute atomic E-state index is 11.5. The monoisotopic (exact) mass is 306 g/mol. The van der Waals surface area contributed by atoms with E-state index in [1.807, 2.05) is 22.9 Å². The number of pyridine rings is 1. The maximum atomic E-state index is 11.5. The van der Waals surface area contributed by atoms with Crippen molar-refractivity contribution in [1.82, 2.24) is 9.55 Å². The number of aromatic nitrogens is 2. The van der Waals surface area contributed by atoms with Crippen molar-refractivity contribution in [2.45, 2.75) is 32.4 Å². The number of esters is 1. The van der Waals surface area contributed by atoms with E-state index in [-0.39, 0.29) is 0 Å². The molecule has 2 rings (SSSR count). The number of hydrogen-bond donors (Lipinski definition) is 0. The largest absolute Gasteiger partial charge is 0.464 e. The van der Waals surface area contributed by atoms with Gasteiger partial charge in [0.2, 0.25) is 0 Å². The molecule has 0 saturated heterocycles. The van der Waals surface area contributed by atoms with Gasteiger partial charge in [0, 0.05) is 26.3 Å². The third-order valence-corrected chi connectivity index (χ3v) is 4.94. The van der Waals surface area contributed by atoms with Gasteiger partial charge in [-0.05, 0) is 24.2 Å². The Labute approximate surface area is 125 Å². The van der Waals surface area contributed by atoms with Crippen LogP contribution in [-0.2, 0) is 16.2 Å². The number of carbonyl (C=O) groups is 1. The van der Waals surface area contributed by atoms with Crippen LogP contribution in [0.4, 0.5) is 0 Å². The van der Waals surface area contributed by atoms with Gasteiger partial charge < -0.3 is 14.0 Å². The highest BCUT2D eigenvalue weighted by molar-refractivity contribution is 6.76. The van der Waals surface area contributed by atoms with E-state index in [1.165, 1.54) is 7.11 Å². The first-order chi connectivity index (χ1) is 9.90. The van der Waals surface area contributed by atoms with E-state index in [2.05, 4.69) is 24.6 Å². The van der Waals surface area contributed by atoms with Crippen LogP contribution < -0.4 is 0 Å². The molecule has 0 bridgehead atoms. The molecule has 0 fully saturated rings. The Kier molecular flexibility index (Phi) is 4.79. The van der Waals surface area contributed by atoms with E-state index in [0.717, 1.165) is 23.7 Å². The van der Waals surface area contributed by atoms with E-state index < -0.39 is 14.0 Å². The Balaban J connectivity index is 2.08. The lowest BCUT2D eigenvalue weighted by Gasteiger charge is -2.15. The summed E-state index contributed by atoms with van der Waals surface area (Å²) in [6.07, 6.45) is 1.92. The molecule has 21 heavy (non-hydrogen) atoms. The number of carbonyl (C=O) groups excluding carboxylic acids is 1. The molecule has 6 heteroatoms. The minimum atomic E-state index is -1.07. The minimum Gasteiger partial charge on any atom is -0.464 e. The van der Waals surface area contributed by atoms with E-state index >= 15 is 0 Å². The zero-order chi connectivity index (χ0) is 15.5. The SMILES string of the molecule is COC(=O)c1ccc2ccn(COCC[Si](C)(C)C)c2n1. The molecular formula is C15H22N2O3Si. The zero-order valence-electron chi connectivity index (χ0n) is 13.0. The van der Waals surface area contributed by atoms with Crippen LogP contribution in [0, 0.1) is 0 Å². The Hall–Kier alpha value is -1.66. The molecule has 2 heterocycles. The Bertz CT molecular complexity index is 631. The third-order valence-electron chi connectivity index (χ3n) is 3.23. The third kappa shape index (κ3) is 4.15. The van der Waals surface area contributed by atoms with Crippen molar-refractivity contribution in [2.24, 2.45) is 0 Å². The van der Waals surface area contributed by atoms with Crippen LogP contribution in [0.1, 0.15) is 10.5 Å². The molecule has 0 aliphatic carbocycles. The van der Waals surface area contributed by atoms with Gasteiger partial charge in [-0.25, -0.2) is 9.78 Å². The molecule has 0 spiro atoms. The highest BCUT2D eigenvalue weighted by Gasteiger charge is 2.13. The molecule has 2 aromatic rings. The molecule has 0 aliphatic heterocycles. The molecule has 0 aliphatic rings. The molecule has 2 aromatic heterocycles. The summed E-state index contributed by atoms with van der Waals surface area (Å²) in [5.41, 5.74) is 1.05. The number of rotatable bonds is 6. The summed E-state index contributed by atoms with van der Waals surface area (Å²) >= 11 is 0. The van der Waals surface area contributed by atoms with Crippen molar-refractivity contribution in [3.05, 3.63) is 30.1 Å². The normalized spacial score (nSPS) is 11.8. The van der Waals surface area contributed by atoms with Gasteiger partial charge in [-0.2, -0.15) is 0 Å². The predicted octanol–water partition coefficient (Wildman–Crippen LogP) is 3.14. The van der Waals surface area contributed by atoms with E-state index in [9.17, 15) is 4.79 Å². The standard InChI is InChI=1S/C15H22N2O3Si/c1-19-15(18)13-6-5-12-7-8-17(14(12)16-13)11-20-9-10-21(2,3)4/h5-8H,9-11H2,1-4H3. The Morgan fingerprint density at radius 1 is 1.29 bits per heavy atom. The summed E-state index contributed by atoms with van der Waals surface area (Å²) in [6.45, 7) is 8.18. The van der Waals surface area contributed by atoms with Crippen LogP contribution in [0.25, 0.3) is 11.0 Å². The van der Waals surface area contributed by atoms with Crippen molar-refractivity contribution >= 4 is 25.1 Å². The van der Waals surface area contributed by atoms with Crippen LogP contribution in [0.3, 0.4) is 0 Å². The summed E-state index contributed by atoms with van der Waals surface area (Å²) < 4.78 is 12.3. The van der Waals surface area contributed by atoms with Gasteiger partial charge in [0.15, 0.2) is 5.69 Å². The van der Waals surface area contributed by atoms with Crippen LogP contribution in [0.15, 0.2) is 24.4 Å². The molecule has 5 nitrogen and oxygen atoms in total. The molecule has 114 valence electrons. The van der Waals surface area contributed by atoms with Crippen LogP contribution in [0.5, 0.6) is 0 Å². The molecule has 0 saturated carbocycles. The smallest absolute Gasteiger partial charge is 0.356 e. The summed E-state index contributed by atoms with van der Waals surface area (Å²) in [6, 6.07) is 6.63. The van der Waals surface area contributed by atoms with Crippen molar-refractivity contribution < 1.29 is 14.3 Å². The number of nitrogens with zero attached hydrogens (tertiary/aromatic N) is 2. The van der Waals surface area contributed by atoms with Crippen molar-refractivity contribution in [3.63, 3.8) is 0 Å². The fourth-order valence-electron chi connectivity index (χ4n) is 1.92. The fourth-order valence-corrected chi connectivity index (χ4v) is 2.68. The summed E-state index contributed by atoms with van der Waals surface area (Å²) in [5.74, 6) is -0.427. The first-order valence-corrected chi connectivity index (χ1v) is 10.7. The molecule has 0 aromatic carbocycles. The van der Waals surface area contributed by atoms with Crippen molar-refractivity contribution in [3.8, 4) is 0 Å². The van der Waals surface area contributed by atoms with Crippen LogP contribution >= 0.6 is 0 Å². The van der Waals surface area contributed by atoms with Gasteiger partial charge >= 0.3 is 5.97 Å². The highest BCUT2D eigenvalue weighted by atomic mass is 28.3. The molecular weight excluding hydrogens is 284 g/mol. The Morgan fingerprint density at radius 2 is 2.05 bits per heavy atom. The molecule has 0 radical (unpaired) electrons. The molecule has 0 N–H and O–H groups in total. The topological polar surface area (TPSA) is 53.4 Å². The molecule has 0 atom stereocenters. The highest BCUT2D eigenvalue weighted by Crippen LogP contribution is 2.15. The van der Waals surface area contributed by atoms with E-state index in [0.29, 0.717) is 12.4 Å². The lowest BCUT2D eigenvalue weighted by atomic mass is 10.3. The quantitative estimate of drug-likeness (QED) is 0.467. The van der Waals surface area contributed by atoms with Gasteiger partial charge in [0.05, 0.1) is 7.11 Å². The lowest BCUT2D eigenvalue weighted by molar-refractivity contribution is 0.0593. The summed E-state index contributed by atoms with van der Waals surface area (Å²) in [7, 11) is 0.281. The van der Waals surface area contributed by atoms with E-state index in [1.54, 1.807) is 6.07 Å². The second-order valence-corrected chi connectivity index (χ2v) is 11.9. The van der Waals surface area contributed by atoms with Crippen molar-refractivity contribution in [1.29, 1.82) is 0 Å². The number of methoxy groups -OCH3 is 1. The number of hydrogen-bond acceptors (Lipinski definition) is 4. The first-order valence-electron chi connectivity index (χ1n) is 7.03. The van der Waals surface area contributed by atoms with Crippen LogP contribution in [-0.4, -0.2) is 37.3 Å². The fraction of sp³-hybridized carbons (Fsp3) is 0.467. The lowest BCUT2D eigenvalue weighted by Crippen LogP contribution is -2.22. The zero-order valence-corrected chi connectivity index (χ0v) is 14.0. The first kappa shape index (κ1) is 15.7. The van der Waals surface area contributed by atoms with Crippen LogP contribution in [0.2, 0.25) is 25.7 Å². The minimum absolute atomic E-state index is 0.312.